The molecule has 1 heterocycles. The second kappa shape index (κ2) is 5.07. The SMILES string of the molecule is O=C(O)c1c2c(nc3ccc(I)cc13)CCCCC2. The molecule has 98 valence electrons. The van der Waals surface area contributed by atoms with Crippen LogP contribution in [0.5, 0.6) is 0 Å². The van der Waals surface area contributed by atoms with Crippen molar-refractivity contribution in [3.63, 3.8) is 0 Å². The molecule has 4 heteroatoms. The number of aryl methyl sites for hydroxylation is 1. The van der Waals surface area contributed by atoms with Crippen molar-refractivity contribution in [1.82, 2.24) is 4.98 Å². The quantitative estimate of drug-likeness (QED) is 0.616. The lowest BCUT2D eigenvalue weighted by molar-refractivity contribution is 0.0697. The normalized spacial score (nSPS) is 15.0. The van der Waals surface area contributed by atoms with Gasteiger partial charge in [-0.05, 0) is 72.0 Å². The number of carbonyl (C=O) groups is 1. The van der Waals surface area contributed by atoms with Crippen LogP contribution in [0.4, 0.5) is 0 Å². The molecular weight excluding hydrogens is 353 g/mol. The summed E-state index contributed by atoms with van der Waals surface area (Å²) >= 11 is 2.21. The average Bonchev–Trinajstić information content (AvgIpc) is 2.60. The highest BCUT2D eigenvalue weighted by Gasteiger charge is 2.21. The molecule has 3 nitrogen and oxygen atoms in total. The summed E-state index contributed by atoms with van der Waals surface area (Å²) in [6, 6.07) is 5.83. The number of carboxylic acids is 1. The fourth-order valence-electron chi connectivity index (χ4n) is 2.82. The monoisotopic (exact) mass is 367 g/mol. The zero-order valence-electron chi connectivity index (χ0n) is 10.4. The Bertz CT molecular complexity index is 667. The van der Waals surface area contributed by atoms with Gasteiger partial charge in [-0.2, -0.15) is 0 Å². The van der Waals surface area contributed by atoms with Crippen molar-refractivity contribution in [2.24, 2.45) is 0 Å². The van der Waals surface area contributed by atoms with E-state index in [0.29, 0.717) is 5.56 Å². The van der Waals surface area contributed by atoms with Gasteiger partial charge in [0.1, 0.15) is 0 Å². The molecule has 3 rings (SSSR count). The Morgan fingerprint density at radius 3 is 2.79 bits per heavy atom. The predicted octanol–water partition coefficient (Wildman–Crippen LogP) is 3.81. The van der Waals surface area contributed by atoms with E-state index < -0.39 is 5.97 Å². The largest absolute Gasteiger partial charge is 0.478 e. The van der Waals surface area contributed by atoms with E-state index in [2.05, 4.69) is 22.6 Å². The van der Waals surface area contributed by atoms with Crippen molar-refractivity contribution in [2.45, 2.75) is 32.1 Å². The number of pyridine rings is 1. The fraction of sp³-hybridized carbons (Fsp3) is 0.333. The molecule has 1 aromatic heterocycles. The number of aromatic nitrogens is 1. The van der Waals surface area contributed by atoms with Crippen LogP contribution in [0, 0.1) is 3.57 Å². The molecule has 0 aliphatic heterocycles. The molecule has 1 aromatic carbocycles. The van der Waals surface area contributed by atoms with E-state index in [-0.39, 0.29) is 0 Å². The predicted molar refractivity (Wildman–Crippen MR) is 82.7 cm³/mol. The van der Waals surface area contributed by atoms with E-state index in [4.69, 9.17) is 4.98 Å². The molecule has 0 fully saturated rings. The second-order valence-electron chi connectivity index (χ2n) is 4.94. The number of aromatic carboxylic acids is 1. The highest BCUT2D eigenvalue weighted by Crippen LogP contribution is 2.29. The van der Waals surface area contributed by atoms with Gasteiger partial charge in [-0.25, -0.2) is 4.79 Å². The summed E-state index contributed by atoms with van der Waals surface area (Å²) in [5.41, 5.74) is 3.22. The van der Waals surface area contributed by atoms with E-state index in [0.717, 1.165) is 57.8 Å². The van der Waals surface area contributed by atoms with Crippen molar-refractivity contribution in [3.05, 3.63) is 38.6 Å². The number of hydrogen-bond donors (Lipinski definition) is 1. The summed E-state index contributed by atoms with van der Waals surface area (Å²) in [6.07, 6.45) is 5.06. The minimum absolute atomic E-state index is 0.473. The van der Waals surface area contributed by atoms with Crippen molar-refractivity contribution < 1.29 is 9.90 Å². The zero-order valence-corrected chi connectivity index (χ0v) is 12.6. The maximum Gasteiger partial charge on any atom is 0.336 e. The van der Waals surface area contributed by atoms with Gasteiger partial charge in [0.25, 0.3) is 0 Å². The van der Waals surface area contributed by atoms with E-state index in [9.17, 15) is 9.90 Å². The van der Waals surface area contributed by atoms with Crippen LogP contribution in [0.25, 0.3) is 10.9 Å². The zero-order chi connectivity index (χ0) is 13.4. The first-order valence-electron chi connectivity index (χ1n) is 6.51. The third-order valence-electron chi connectivity index (χ3n) is 3.69. The van der Waals surface area contributed by atoms with Gasteiger partial charge in [-0.15, -0.1) is 0 Å². The lowest BCUT2D eigenvalue weighted by Gasteiger charge is -2.12. The Balaban J connectivity index is 2.37. The van der Waals surface area contributed by atoms with Gasteiger partial charge in [-0.3, -0.25) is 4.98 Å². The van der Waals surface area contributed by atoms with Crippen LogP contribution in [0.1, 0.15) is 40.9 Å². The van der Waals surface area contributed by atoms with Crippen molar-refractivity contribution in [2.75, 3.05) is 0 Å². The number of halogens is 1. The first kappa shape index (κ1) is 12.8. The first-order valence-corrected chi connectivity index (χ1v) is 7.59. The molecule has 0 spiro atoms. The Hall–Kier alpha value is -1.17. The summed E-state index contributed by atoms with van der Waals surface area (Å²) in [6.45, 7) is 0. The minimum atomic E-state index is -0.826. The Labute approximate surface area is 125 Å². The van der Waals surface area contributed by atoms with Gasteiger partial charge in [0.05, 0.1) is 11.1 Å². The molecule has 0 amide bonds. The van der Waals surface area contributed by atoms with E-state index >= 15 is 0 Å². The highest BCUT2D eigenvalue weighted by molar-refractivity contribution is 14.1. The smallest absolute Gasteiger partial charge is 0.336 e. The van der Waals surface area contributed by atoms with Gasteiger partial charge in [-0.1, -0.05) is 6.42 Å². The molecule has 0 atom stereocenters. The summed E-state index contributed by atoms with van der Waals surface area (Å²) in [5.74, 6) is -0.826. The number of hydrogen-bond acceptors (Lipinski definition) is 2. The highest BCUT2D eigenvalue weighted by atomic mass is 127. The third-order valence-corrected chi connectivity index (χ3v) is 4.36. The number of rotatable bonds is 1. The number of fused-ring (bicyclic) bond motifs is 2. The Morgan fingerprint density at radius 1 is 1.21 bits per heavy atom. The van der Waals surface area contributed by atoms with Gasteiger partial charge in [0.15, 0.2) is 0 Å². The molecule has 0 radical (unpaired) electrons. The van der Waals surface area contributed by atoms with Crippen LogP contribution < -0.4 is 0 Å². The lowest BCUT2D eigenvalue weighted by atomic mass is 9.97. The van der Waals surface area contributed by atoms with E-state index in [1.807, 2.05) is 18.2 Å². The van der Waals surface area contributed by atoms with Crippen LogP contribution >= 0.6 is 22.6 Å². The summed E-state index contributed by atoms with van der Waals surface area (Å²) in [4.78, 5) is 16.4. The van der Waals surface area contributed by atoms with Crippen molar-refractivity contribution in [1.29, 1.82) is 0 Å². The van der Waals surface area contributed by atoms with Crippen LogP contribution in [-0.4, -0.2) is 16.1 Å². The lowest BCUT2D eigenvalue weighted by Crippen LogP contribution is -2.08. The van der Waals surface area contributed by atoms with Crippen LogP contribution in [0.15, 0.2) is 18.2 Å². The van der Waals surface area contributed by atoms with Crippen molar-refractivity contribution >= 4 is 39.5 Å². The average molecular weight is 367 g/mol. The first-order chi connectivity index (χ1) is 9.16. The van der Waals surface area contributed by atoms with E-state index in [1.165, 1.54) is 0 Å². The van der Waals surface area contributed by atoms with Crippen LogP contribution in [0.3, 0.4) is 0 Å². The summed E-state index contributed by atoms with van der Waals surface area (Å²) < 4.78 is 1.04. The van der Waals surface area contributed by atoms with Crippen LogP contribution in [-0.2, 0) is 12.8 Å². The third kappa shape index (κ3) is 2.33. The number of benzene rings is 1. The molecule has 0 saturated heterocycles. The Morgan fingerprint density at radius 2 is 2.00 bits per heavy atom. The standard InChI is InChI=1S/C15H14INO2/c16-9-6-7-13-11(8-9)14(15(18)19)10-4-2-1-3-5-12(10)17-13/h6-8H,1-5H2,(H,18,19). The van der Waals surface area contributed by atoms with Gasteiger partial charge < -0.3 is 5.11 Å². The van der Waals surface area contributed by atoms with E-state index in [1.54, 1.807) is 0 Å². The Kier molecular flexibility index (Phi) is 3.43. The van der Waals surface area contributed by atoms with Crippen LogP contribution in [0.2, 0.25) is 0 Å². The molecule has 0 bridgehead atoms. The fourth-order valence-corrected chi connectivity index (χ4v) is 3.31. The van der Waals surface area contributed by atoms with Gasteiger partial charge in [0.2, 0.25) is 0 Å². The molecule has 1 aliphatic carbocycles. The van der Waals surface area contributed by atoms with Crippen molar-refractivity contribution in [3.8, 4) is 0 Å². The topological polar surface area (TPSA) is 50.2 Å². The molecule has 1 aliphatic rings. The number of nitrogens with zero attached hydrogens (tertiary/aromatic N) is 1. The molecular formula is C15H14INO2. The maximum atomic E-state index is 11.7. The molecule has 0 saturated carbocycles. The second-order valence-corrected chi connectivity index (χ2v) is 6.18. The summed E-state index contributed by atoms with van der Waals surface area (Å²) in [5, 5.41) is 10.4. The van der Waals surface area contributed by atoms with Gasteiger partial charge >= 0.3 is 5.97 Å². The maximum absolute atomic E-state index is 11.7. The summed E-state index contributed by atoms with van der Waals surface area (Å²) in [7, 11) is 0. The number of carboxylic acid groups (broad SMARTS) is 1. The van der Waals surface area contributed by atoms with Gasteiger partial charge in [0, 0.05) is 14.7 Å². The minimum Gasteiger partial charge on any atom is -0.478 e. The molecule has 2 aromatic rings. The molecule has 0 unspecified atom stereocenters. The molecule has 19 heavy (non-hydrogen) atoms. The molecule has 1 N–H and O–H groups in total.